The first-order chi connectivity index (χ1) is 14.9. The average molecular weight is 442 g/mol. The van der Waals surface area contributed by atoms with E-state index in [9.17, 15) is 18.0 Å². The molecule has 2 heterocycles. The average Bonchev–Trinajstić information content (AvgIpc) is 2.99. The fourth-order valence-corrected chi connectivity index (χ4v) is 5.41. The molecule has 1 fully saturated rings. The van der Waals surface area contributed by atoms with Crippen LogP contribution in [-0.4, -0.2) is 44.8 Å². The fraction of sp³-hybridized carbons (Fsp3) is 0.391. The van der Waals surface area contributed by atoms with Crippen LogP contribution in [0.1, 0.15) is 48.5 Å². The number of nitrogens with zero attached hydrogens (tertiary/aromatic N) is 2. The lowest BCUT2D eigenvalue weighted by Gasteiger charge is -2.22. The topological polar surface area (TPSA) is 86.8 Å². The molecule has 1 N–H and O–H groups in total. The van der Waals surface area contributed by atoms with Gasteiger partial charge >= 0.3 is 0 Å². The molecule has 8 heteroatoms. The maximum atomic E-state index is 13.1. The number of para-hydroxylation sites is 1. The largest absolute Gasteiger partial charge is 0.339 e. The van der Waals surface area contributed by atoms with Crippen LogP contribution in [0.25, 0.3) is 0 Å². The number of hydrogen-bond acceptors (Lipinski definition) is 4. The van der Waals surface area contributed by atoms with Gasteiger partial charge in [-0.1, -0.05) is 25.0 Å². The number of likely N-dealkylation sites (tertiary alicyclic amines) is 1. The molecule has 4 rings (SSSR count). The van der Waals surface area contributed by atoms with Gasteiger partial charge in [-0.25, -0.2) is 8.42 Å². The normalized spacial score (nSPS) is 16.5. The molecule has 0 unspecified atom stereocenters. The Morgan fingerprint density at radius 1 is 0.935 bits per heavy atom. The number of hydrogen-bond donors (Lipinski definition) is 1. The Kier molecular flexibility index (Phi) is 6.00. The van der Waals surface area contributed by atoms with Gasteiger partial charge in [-0.15, -0.1) is 0 Å². The number of sulfonamides is 1. The van der Waals surface area contributed by atoms with Gasteiger partial charge in [0.2, 0.25) is 5.91 Å². The number of fused-ring (bicyclic) bond motifs is 1. The Hall–Kier alpha value is -2.87. The van der Waals surface area contributed by atoms with Crippen molar-refractivity contribution < 1.29 is 18.0 Å². The second-order valence-electron chi connectivity index (χ2n) is 8.07. The van der Waals surface area contributed by atoms with Crippen LogP contribution in [0, 0.1) is 0 Å². The Morgan fingerprint density at radius 3 is 2.35 bits per heavy atom. The van der Waals surface area contributed by atoms with Crippen LogP contribution in [-0.2, 0) is 21.2 Å². The minimum absolute atomic E-state index is 0.0616. The van der Waals surface area contributed by atoms with E-state index in [-0.39, 0.29) is 22.4 Å². The molecule has 2 aliphatic heterocycles. The molecule has 0 spiro atoms. The third kappa shape index (κ3) is 4.44. The summed E-state index contributed by atoms with van der Waals surface area (Å²) >= 11 is 0. The van der Waals surface area contributed by atoms with E-state index in [4.69, 9.17) is 0 Å². The molecule has 31 heavy (non-hydrogen) atoms. The van der Waals surface area contributed by atoms with Crippen molar-refractivity contribution in [3.8, 4) is 0 Å². The number of carbonyl (C=O) groups excluding carboxylic acids is 2. The molecule has 2 amide bonds. The van der Waals surface area contributed by atoms with Crippen molar-refractivity contribution in [3.63, 3.8) is 0 Å². The summed E-state index contributed by atoms with van der Waals surface area (Å²) < 4.78 is 28.8. The van der Waals surface area contributed by atoms with Gasteiger partial charge < -0.3 is 9.80 Å². The lowest BCUT2D eigenvalue weighted by molar-refractivity contribution is -0.116. The third-order valence-electron chi connectivity index (χ3n) is 5.93. The summed E-state index contributed by atoms with van der Waals surface area (Å²) in [6.45, 7) is 3.43. The summed E-state index contributed by atoms with van der Waals surface area (Å²) in [5.74, 6) is -0.209. The quantitative estimate of drug-likeness (QED) is 0.788. The van der Waals surface area contributed by atoms with Gasteiger partial charge in [0.1, 0.15) is 0 Å². The first-order valence-electron chi connectivity index (χ1n) is 10.7. The van der Waals surface area contributed by atoms with Gasteiger partial charge in [0.25, 0.3) is 15.9 Å². The molecule has 0 radical (unpaired) electrons. The molecule has 0 bridgehead atoms. The van der Waals surface area contributed by atoms with Crippen molar-refractivity contribution in [2.75, 3.05) is 29.3 Å². The minimum Gasteiger partial charge on any atom is -0.339 e. The van der Waals surface area contributed by atoms with Crippen LogP contribution in [0.3, 0.4) is 0 Å². The Bertz CT molecular complexity index is 1110. The van der Waals surface area contributed by atoms with E-state index in [0.29, 0.717) is 31.6 Å². The second-order valence-corrected chi connectivity index (χ2v) is 9.75. The number of carbonyl (C=O) groups is 2. The van der Waals surface area contributed by atoms with Gasteiger partial charge in [0.15, 0.2) is 0 Å². The van der Waals surface area contributed by atoms with Crippen molar-refractivity contribution >= 4 is 33.2 Å². The summed E-state index contributed by atoms with van der Waals surface area (Å²) in [7, 11) is -3.89. The van der Waals surface area contributed by atoms with Crippen LogP contribution in [0.15, 0.2) is 47.4 Å². The monoisotopic (exact) mass is 441 g/mol. The van der Waals surface area contributed by atoms with E-state index in [1.807, 2.05) is 4.90 Å². The minimum atomic E-state index is -3.89. The maximum Gasteiger partial charge on any atom is 0.261 e. The van der Waals surface area contributed by atoms with Crippen LogP contribution >= 0.6 is 0 Å². The summed E-state index contributed by atoms with van der Waals surface area (Å²) in [5, 5.41) is 0. The summed E-state index contributed by atoms with van der Waals surface area (Å²) in [5.41, 5.74) is 2.22. The smallest absolute Gasteiger partial charge is 0.261 e. The van der Waals surface area contributed by atoms with Gasteiger partial charge in [0, 0.05) is 32.2 Å². The van der Waals surface area contributed by atoms with Crippen LogP contribution in [0.2, 0.25) is 0 Å². The fourth-order valence-electron chi connectivity index (χ4n) is 4.28. The predicted octanol–water partition coefficient (Wildman–Crippen LogP) is 3.41. The standard InChI is InChI=1S/C23H27N3O4S/c1-17(27)26-15-12-18-16-19(10-11-22(18)26)31(29,30)24-21-9-5-4-8-20(21)23(28)25-13-6-2-3-7-14-25/h4-5,8-11,16,24H,2-3,6-7,12-15H2,1H3. The molecule has 7 nitrogen and oxygen atoms in total. The molecule has 2 aromatic rings. The third-order valence-corrected chi connectivity index (χ3v) is 7.30. The predicted molar refractivity (Wildman–Crippen MR) is 120 cm³/mol. The number of anilines is 2. The zero-order valence-electron chi connectivity index (χ0n) is 17.6. The first kappa shape index (κ1) is 21.4. The Balaban J connectivity index is 1.60. The van der Waals surface area contributed by atoms with Gasteiger partial charge in [-0.3, -0.25) is 14.3 Å². The summed E-state index contributed by atoms with van der Waals surface area (Å²) in [6.07, 6.45) is 4.76. The second kappa shape index (κ2) is 8.70. The molecular formula is C23H27N3O4S. The van der Waals surface area contributed by atoms with Gasteiger partial charge in [-0.2, -0.15) is 0 Å². The van der Waals surface area contributed by atoms with Gasteiger partial charge in [0.05, 0.1) is 16.1 Å². The van der Waals surface area contributed by atoms with E-state index in [0.717, 1.165) is 36.9 Å². The molecule has 2 aromatic carbocycles. The van der Waals surface area contributed by atoms with Crippen molar-refractivity contribution in [1.82, 2.24) is 4.90 Å². The summed E-state index contributed by atoms with van der Waals surface area (Å²) in [4.78, 5) is 28.4. The number of rotatable bonds is 4. The van der Waals surface area contributed by atoms with E-state index >= 15 is 0 Å². The lowest BCUT2D eigenvalue weighted by Crippen LogP contribution is -2.32. The molecule has 2 aliphatic rings. The number of benzene rings is 2. The molecule has 0 aromatic heterocycles. The van der Waals surface area contributed by atoms with Crippen molar-refractivity contribution in [3.05, 3.63) is 53.6 Å². The van der Waals surface area contributed by atoms with E-state index in [2.05, 4.69) is 4.72 Å². The molecule has 0 atom stereocenters. The van der Waals surface area contributed by atoms with Gasteiger partial charge in [-0.05, 0) is 55.2 Å². The zero-order chi connectivity index (χ0) is 22.0. The lowest BCUT2D eigenvalue weighted by atomic mass is 10.1. The van der Waals surface area contributed by atoms with Crippen LogP contribution in [0.5, 0.6) is 0 Å². The van der Waals surface area contributed by atoms with E-state index in [1.165, 1.54) is 13.0 Å². The maximum absolute atomic E-state index is 13.1. The SMILES string of the molecule is CC(=O)N1CCc2cc(S(=O)(=O)Nc3ccccc3C(=O)N3CCCCCC3)ccc21. The summed E-state index contributed by atoms with van der Waals surface area (Å²) in [6, 6.07) is 11.5. The van der Waals surface area contributed by atoms with E-state index < -0.39 is 10.0 Å². The highest BCUT2D eigenvalue weighted by atomic mass is 32.2. The zero-order valence-corrected chi connectivity index (χ0v) is 18.5. The Labute approximate surface area is 183 Å². The van der Waals surface area contributed by atoms with Crippen molar-refractivity contribution in [2.45, 2.75) is 43.9 Å². The highest BCUT2D eigenvalue weighted by Crippen LogP contribution is 2.31. The number of nitrogens with one attached hydrogen (secondary N) is 1. The highest BCUT2D eigenvalue weighted by Gasteiger charge is 2.26. The van der Waals surface area contributed by atoms with Crippen molar-refractivity contribution in [2.24, 2.45) is 0 Å². The van der Waals surface area contributed by atoms with Crippen LogP contribution in [0.4, 0.5) is 11.4 Å². The molecular weight excluding hydrogens is 414 g/mol. The Morgan fingerprint density at radius 2 is 1.65 bits per heavy atom. The number of amides is 2. The molecule has 0 saturated carbocycles. The first-order valence-corrected chi connectivity index (χ1v) is 12.2. The molecule has 0 aliphatic carbocycles. The van der Waals surface area contributed by atoms with Crippen LogP contribution < -0.4 is 9.62 Å². The van der Waals surface area contributed by atoms with E-state index in [1.54, 1.807) is 41.3 Å². The molecule has 1 saturated heterocycles. The van der Waals surface area contributed by atoms with Crippen molar-refractivity contribution in [1.29, 1.82) is 0 Å². The highest BCUT2D eigenvalue weighted by molar-refractivity contribution is 7.92. The molecule has 164 valence electrons.